The van der Waals surface area contributed by atoms with Gasteiger partial charge in [0.15, 0.2) is 0 Å². The van der Waals surface area contributed by atoms with Crippen LogP contribution in [0.25, 0.3) is 10.8 Å². The van der Waals surface area contributed by atoms with Crippen molar-refractivity contribution in [3.05, 3.63) is 42.0 Å². The summed E-state index contributed by atoms with van der Waals surface area (Å²) in [6, 6.07) is 12.5. The number of ether oxygens (including phenoxy) is 1. The van der Waals surface area contributed by atoms with Crippen molar-refractivity contribution >= 4 is 23.2 Å². The smallest absolute Gasteiger partial charge is 0.124 e. The van der Waals surface area contributed by atoms with Gasteiger partial charge in [-0.1, -0.05) is 36.8 Å². The summed E-state index contributed by atoms with van der Waals surface area (Å²) < 4.78 is 5.77. The molecule has 4 heteroatoms. The summed E-state index contributed by atoms with van der Waals surface area (Å²) in [5, 5.41) is 2.40. The standard InChI is InChI=1S/C17H24N2O.ClH/c1-2-20-16-11-10-13-7-3-4-8-14(13)17(16)15(19)9-5-6-12-18;/h3-4,7-8,10-11,15H,2,5-6,9,12,18-19H2,1H3;1H/t15-;/m0./s1. The maximum Gasteiger partial charge on any atom is 0.124 e. The maximum atomic E-state index is 6.41. The Bertz CT molecular complexity index is 559. The Hall–Kier alpha value is -1.29. The molecular weight excluding hydrogens is 284 g/mol. The minimum Gasteiger partial charge on any atom is -0.494 e. The number of rotatable bonds is 7. The number of hydrogen-bond donors (Lipinski definition) is 2. The number of unbranched alkanes of at least 4 members (excludes halogenated alkanes) is 1. The Kier molecular flexibility index (Phi) is 7.51. The van der Waals surface area contributed by atoms with E-state index >= 15 is 0 Å². The van der Waals surface area contributed by atoms with Crippen LogP contribution in [0.4, 0.5) is 0 Å². The SMILES string of the molecule is CCOc1ccc2ccccc2c1[C@@H](N)CCCCN.Cl. The van der Waals surface area contributed by atoms with E-state index in [0.29, 0.717) is 6.61 Å². The van der Waals surface area contributed by atoms with Crippen molar-refractivity contribution in [2.75, 3.05) is 13.2 Å². The van der Waals surface area contributed by atoms with Crippen LogP contribution < -0.4 is 16.2 Å². The van der Waals surface area contributed by atoms with Crippen LogP contribution in [-0.4, -0.2) is 13.2 Å². The van der Waals surface area contributed by atoms with Crippen LogP contribution >= 0.6 is 12.4 Å². The van der Waals surface area contributed by atoms with Gasteiger partial charge >= 0.3 is 0 Å². The molecule has 0 aliphatic carbocycles. The van der Waals surface area contributed by atoms with Gasteiger partial charge in [-0.05, 0) is 43.1 Å². The number of fused-ring (bicyclic) bond motifs is 1. The summed E-state index contributed by atoms with van der Waals surface area (Å²) >= 11 is 0. The second-order valence-electron chi connectivity index (χ2n) is 5.02. The van der Waals surface area contributed by atoms with Crippen LogP contribution in [-0.2, 0) is 0 Å². The molecule has 116 valence electrons. The molecule has 0 saturated heterocycles. The molecule has 0 fully saturated rings. The molecule has 0 amide bonds. The zero-order valence-corrected chi connectivity index (χ0v) is 13.4. The lowest BCUT2D eigenvalue weighted by Crippen LogP contribution is -2.13. The molecule has 2 rings (SSSR count). The van der Waals surface area contributed by atoms with Crippen molar-refractivity contribution in [1.29, 1.82) is 0 Å². The fourth-order valence-electron chi connectivity index (χ4n) is 2.59. The van der Waals surface area contributed by atoms with Crippen LogP contribution in [0.2, 0.25) is 0 Å². The third kappa shape index (κ3) is 4.34. The number of hydrogen-bond acceptors (Lipinski definition) is 3. The second kappa shape index (κ2) is 8.88. The summed E-state index contributed by atoms with van der Waals surface area (Å²) in [5.74, 6) is 0.909. The molecule has 21 heavy (non-hydrogen) atoms. The highest BCUT2D eigenvalue weighted by Gasteiger charge is 2.15. The minimum atomic E-state index is -0.00537. The third-order valence-electron chi connectivity index (χ3n) is 3.57. The van der Waals surface area contributed by atoms with E-state index in [4.69, 9.17) is 16.2 Å². The van der Waals surface area contributed by atoms with E-state index in [9.17, 15) is 0 Å². The molecule has 1 atom stereocenters. The largest absolute Gasteiger partial charge is 0.494 e. The van der Waals surface area contributed by atoms with Gasteiger partial charge in [-0.25, -0.2) is 0 Å². The zero-order chi connectivity index (χ0) is 14.4. The summed E-state index contributed by atoms with van der Waals surface area (Å²) in [7, 11) is 0. The molecule has 0 aromatic heterocycles. The monoisotopic (exact) mass is 308 g/mol. The van der Waals surface area contributed by atoms with Crippen LogP contribution in [0.5, 0.6) is 5.75 Å². The molecule has 0 heterocycles. The van der Waals surface area contributed by atoms with Crippen molar-refractivity contribution < 1.29 is 4.74 Å². The van der Waals surface area contributed by atoms with Crippen LogP contribution in [0, 0.1) is 0 Å². The van der Waals surface area contributed by atoms with Crippen molar-refractivity contribution in [2.45, 2.75) is 32.2 Å². The lowest BCUT2D eigenvalue weighted by Gasteiger charge is -2.19. The fraction of sp³-hybridized carbons (Fsp3) is 0.412. The molecule has 3 nitrogen and oxygen atoms in total. The van der Waals surface area contributed by atoms with Crippen molar-refractivity contribution in [2.24, 2.45) is 11.5 Å². The molecule has 0 bridgehead atoms. The molecule has 0 aliphatic heterocycles. The lowest BCUT2D eigenvalue weighted by molar-refractivity contribution is 0.334. The van der Waals surface area contributed by atoms with E-state index < -0.39 is 0 Å². The highest BCUT2D eigenvalue weighted by molar-refractivity contribution is 5.88. The number of halogens is 1. The van der Waals surface area contributed by atoms with Gasteiger partial charge in [0.25, 0.3) is 0 Å². The molecule has 0 spiro atoms. The van der Waals surface area contributed by atoms with E-state index in [0.717, 1.165) is 37.1 Å². The number of benzene rings is 2. The van der Waals surface area contributed by atoms with Crippen molar-refractivity contribution in [1.82, 2.24) is 0 Å². The van der Waals surface area contributed by atoms with Gasteiger partial charge in [-0.15, -0.1) is 12.4 Å². The third-order valence-corrected chi connectivity index (χ3v) is 3.57. The first-order valence-corrected chi connectivity index (χ1v) is 7.38. The average Bonchev–Trinajstić information content (AvgIpc) is 2.47. The fourth-order valence-corrected chi connectivity index (χ4v) is 2.59. The van der Waals surface area contributed by atoms with Crippen molar-refractivity contribution in [3.8, 4) is 5.75 Å². The van der Waals surface area contributed by atoms with Crippen molar-refractivity contribution in [3.63, 3.8) is 0 Å². The first kappa shape index (κ1) is 17.8. The van der Waals surface area contributed by atoms with E-state index in [2.05, 4.69) is 18.2 Å². The van der Waals surface area contributed by atoms with Gasteiger partial charge in [-0.2, -0.15) is 0 Å². The summed E-state index contributed by atoms with van der Waals surface area (Å²) in [5.41, 5.74) is 13.1. The molecule has 2 aromatic carbocycles. The molecule has 2 aromatic rings. The highest BCUT2D eigenvalue weighted by Crippen LogP contribution is 2.34. The van der Waals surface area contributed by atoms with E-state index in [1.165, 1.54) is 10.8 Å². The molecule has 0 unspecified atom stereocenters. The van der Waals surface area contributed by atoms with Gasteiger partial charge < -0.3 is 16.2 Å². The summed E-state index contributed by atoms with van der Waals surface area (Å²) in [6.07, 6.45) is 3.00. The highest BCUT2D eigenvalue weighted by atomic mass is 35.5. The van der Waals surface area contributed by atoms with Crippen LogP contribution in [0.1, 0.15) is 37.8 Å². The van der Waals surface area contributed by atoms with Gasteiger partial charge in [0.05, 0.1) is 6.61 Å². The van der Waals surface area contributed by atoms with Gasteiger partial charge in [-0.3, -0.25) is 0 Å². The lowest BCUT2D eigenvalue weighted by atomic mass is 9.95. The Morgan fingerprint density at radius 1 is 1.10 bits per heavy atom. The predicted molar refractivity (Wildman–Crippen MR) is 92.2 cm³/mol. The van der Waals surface area contributed by atoms with Gasteiger partial charge in [0, 0.05) is 11.6 Å². The van der Waals surface area contributed by atoms with E-state index in [-0.39, 0.29) is 18.4 Å². The Morgan fingerprint density at radius 3 is 2.57 bits per heavy atom. The van der Waals surface area contributed by atoms with E-state index in [1.807, 2.05) is 25.1 Å². The Balaban J connectivity index is 0.00000220. The van der Waals surface area contributed by atoms with Crippen LogP contribution in [0.3, 0.4) is 0 Å². The molecule has 0 aliphatic rings. The average molecular weight is 309 g/mol. The Morgan fingerprint density at radius 2 is 1.86 bits per heavy atom. The molecule has 0 radical (unpaired) electrons. The van der Waals surface area contributed by atoms with Gasteiger partial charge in [0.1, 0.15) is 5.75 Å². The molecule has 4 N–H and O–H groups in total. The molecular formula is C17H25ClN2O. The summed E-state index contributed by atoms with van der Waals surface area (Å²) in [4.78, 5) is 0. The molecule has 0 saturated carbocycles. The van der Waals surface area contributed by atoms with E-state index in [1.54, 1.807) is 0 Å². The second-order valence-corrected chi connectivity index (χ2v) is 5.02. The first-order chi connectivity index (χ1) is 9.77. The van der Waals surface area contributed by atoms with Crippen LogP contribution in [0.15, 0.2) is 36.4 Å². The Labute approximate surface area is 133 Å². The maximum absolute atomic E-state index is 6.41. The quantitative estimate of drug-likeness (QED) is 0.765. The zero-order valence-electron chi connectivity index (χ0n) is 12.5. The first-order valence-electron chi connectivity index (χ1n) is 7.38. The summed E-state index contributed by atoms with van der Waals surface area (Å²) in [6.45, 7) is 3.38. The predicted octanol–water partition coefficient (Wildman–Crippen LogP) is 3.79. The normalized spacial score (nSPS) is 12.0. The van der Waals surface area contributed by atoms with Gasteiger partial charge in [0.2, 0.25) is 0 Å². The minimum absolute atomic E-state index is 0. The topological polar surface area (TPSA) is 61.3 Å². The number of nitrogens with two attached hydrogens (primary N) is 2.